The van der Waals surface area contributed by atoms with Gasteiger partial charge in [-0.25, -0.2) is 9.35 Å². The van der Waals surface area contributed by atoms with Gasteiger partial charge in [0.25, 0.3) is 5.91 Å². The number of fused-ring (bicyclic) bond motifs is 1. The molecule has 1 amide bonds. The molecule has 8 nitrogen and oxygen atoms in total. The zero-order chi connectivity index (χ0) is 32.5. The first-order chi connectivity index (χ1) is 20.9. The molecule has 0 aliphatic carbocycles. The van der Waals surface area contributed by atoms with Gasteiger partial charge >= 0.3 is 0 Å². The van der Waals surface area contributed by atoms with Gasteiger partial charge in [0.2, 0.25) is 0 Å². The Morgan fingerprint density at radius 3 is 2.66 bits per heavy atom. The number of carbonyl (C=O) groups is 1. The lowest BCUT2D eigenvalue weighted by atomic mass is 9.91. The lowest BCUT2D eigenvalue weighted by Gasteiger charge is -2.31. The first-order valence-electron chi connectivity index (χ1n) is 15.2. The molecule has 44 heavy (non-hydrogen) atoms. The molecule has 0 aromatic heterocycles. The minimum absolute atomic E-state index is 0.0543. The molecule has 2 aromatic rings. The van der Waals surface area contributed by atoms with E-state index in [2.05, 4.69) is 42.3 Å². The Hall–Kier alpha value is -2.69. The Balaban J connectivity index is 2.06. The molecule has 0 radical (unpaired) electrons. The summed E-state index contributed by atoms with van der Waals surface area (Å²) >= 11 is 6.39. The fraction of sp³-hybridized carbons (Fsp3) is 0.500. The molecular formula is C34H48ClN3O5S. The monoisotopic (exact) mass is 645 g/mol. The third-order valence-electron chi connectivity index (χ3n) is 8.11. The van der Waals surface area contributed by atoms with E-state index in [1.54, 1.807) is 39.2 Å². The van der Waals surface area contributed by atoms with E-state index >= 15 is 0 Å². The first kappa shape index (κ1) is 35.8. The van der Waals surface area contributed by atoms with Crippen LogP contribution in [0.2, 0.25) is 5.02 Å². The molecule has 1 aliphatic heterocycles. The van der Waals surface area contributed by atoms with Crippen molar-refractivity contribution in [1.82, 2.24) is 0 Å². The molecule has 0 spiro atoms. The topological polar surface area (TPSA) is 103 Å². The molecule has 1 heterocycles. The molecule has 3 rings (SSSR count). The Bertz CT molecular complexity index is 1440. The molecule has 0 bridgehead atoms. The van der Waals surface area contributed by atoms with E-state index < -0.39 is 21.4 Å². The normalized spacial score (nSPS) is 17.8. The van der Waals surface area contributed by atoms with E-state index in [4.69, 9.17) is 31.0 Å². The van der Waals surface area contributed by atoms with Crippen LogP contribution < -0.4 is 14.8 Å². The number of carbonyl (C=O) groups excluding carboxylic acids is 1. The number of amides is 1. The van der Waals surface area contributed by atoms with Crippen molar-refractivity contribution >= 4 is 33.1 Å². The molecule has 242 valence electrons. The van der Waals surface area contributed by atoms with Gasteiger partial charge in [-0.1, -0.05) is 56.5 Å². The average Bonchev–Trinajstić information content (AvgIpc) is 3.17. The fourth-order valence-electron chi connectivity index (χ4n) is 5.53. The first-order valence-corrected chi connectivity index (χ1v) is 17.2. The van der Waals surface area contributed by atoms with Crippen LogP contribution in [0.3, 0.4) is 0 Å². The molecule has 0 fully saturated rings. The third kappa shape index (κ3) is 8.95. The maximum Gasteiger partial charge on any atom is 0.286 e. The molecule has 4 atom stereocenters. The quantitative estimate of drug-likeness (QED) is 0.207. The number of hydrogen-bond acceptors (Lipinski definition) is 6. The van der Waals surface area contributed by atoms with Crippen LogP contribution in [0.15, 0.2) is 71.0 Å². The molecule has 1 aliphatic rings. The van der Waals surface area contributed by atoms with Gasteiger partial charge in [0.15, 0.2) is 0 Å². The number of benzene rings is 2. The van der Waals surface area contributed by atoms with Gasteiger partial charge in [0.1, 0.15) is 21.3 Å². The van der Waals surface area contributed by atoms with Crippen LogP contribution in [0, 0.1) is 5.92 Å². The number of nitrogens with two attached hydrogens (primary N) is 1. The second-order valence-corrected chi connectivity index (χ2v) is 13.9. The number of ether oxygens (including phenoxy) is 3. The molecular weight excluding hydrogens is 598 g/mol. The number of methoxy groups -OCH3 is 1. The van der Waals surface area contributed by atoms with Crippen LogP contribution in [0.1, 0.15) is 64.0 Å². The van der Waals surface area contributed by atoms with Crippen LogP contribution in [0.5, 0.6) is 5.75 Å². The number of rotatable bonds is 15. The third-order valence-corrected chi connectivity index (χ3v) is 9.71. The summed E-state index contributed by atoms with van der Waals surface area (Å²) in [6.45, 7) is 16.9. The van der Waals surface area contributed by atoms with Crippen LogP contribution in [0.25, 0.3) is 0 Å². The number of halogens is 1. The van der Waals surface area contributed by atoms with Crippen molar-refractivity contribution in [3.63, 3.8) is 0 Å². The van der Waals surface area contributed by atoms with Gasteiger partial charge in [-0.3, -0.25) is 4.79 Å². The van der Waals surface area contributed by atoms with Crippen LogP contribution in [0.4, 0.5) is 5.69 Å². The van der Waals surface area contributed by atoms with E-state index in [-0.39, 0.29) is 29.4 Å². The van der Waals surface area contributed by atoms with Crippen molar-refractivity contribution < 1.29 is 23.2 Å². The maximum absolute atomic E-state index is 13.7. The molecule has 2 N–H and O–H groups in total. The number of anilines is 1. The Morgan fingerprint density at radius 1 is 1.27 bits per heavy atom. The summed E-state index contributed by atoms with van der Waals surface area (Å²) in [7, 11) is -1.89. The Kier molecular flexibility index (Phi) is 13.0. The lowest BCUT2D eigenvalue weighted by Crippen LogP contribution is -2.35. The van der Waals surface area contributed by atoms with Gasteiger partial charge in [-0.15, -0.1) is 17.5 Å². The lowest BCUT2D eigenvalue weighted by molar-refractivity contribution is -0.137. The van der Waals surface area contributed by atoms with E-state index in [1.807, 2.05) is 18.2 Å². The molecule has 2 aromatic carbocycles. The van der Waals surface area contributed by atoms with Gasteiger partial charge < -0.3 is 19.1 Å². The van der Waals surface area contributed by atoms with E-state index in [1.165, 1.54) is 17.2 Å². The van der Waals surface area contributed by atoms with Crippen molar-refractivity contribution in [2.75, 3.05) is 38.3 Å². The summed E-state index contributed by atoms with van der Waals surface area (Å²) in [5.74, 6) is 0.251. The highest BCUT2D eigenvalue weighted by molar-refractivity contribution is 7.91. The van der Waals surface area contributed by atoms with Crippen molar-refractivity contribution in [3.05, 3.63) is 77.9 Å². The maximum atomic E-state index is 13.7. The van der Waals surface area contributed by atoms with E-state index in [0.717, 1.165) is 31.4 Å². The second kappa shape index (κ2) is 16.0. The van der Waals surface area contributed by atoms with Crippen LogP contribution in [-0.4, -0.2) is 55.2 Å². The highest BCUT2D eigenvalue weighted by Gasteiger charge is 2.31. The van der Waals surface area contributed by atoms with E-state index in [0.29, 0.717) is 30.5 Å². The van der Waals surface area contributed by atoms with Crippen molar-refractivity contribution in [2.45, 2.75) is 75.9 Å². The van der Waals surface area contributed by atoms with Crippen molar-refractivity contribution in [3.8, 4) is 5.75 Å². The summed E-state index contributed by atoms with van der Waals surface area (Å²) in [6, 6.07) is 11.2. The summed E-state index contributed by atoms with van der Waals surface area (Å²) in [4.78, 5) is 15.5. The van der Waals surface area contributed by atoms with Gasteiger partial charge in [-0.2, -0.15) is 0 Å². The number of hydrogen-bond donors (Lipinski definition) is 1. The summed E-state index contributed by atoms with van der Waals surface area (Å²) in [6.07, 6.45) is 6.96. The zero-order valence-electron chi connectivity index (χ0n) is 26.7. The van der Waals surface area contributed by atoms with E-state index in [9.17, 15) is 9.00 Å². The van der Waals surface area contributed by atoms with Gasteiger partial charge in [0.05, 0.1) is 29.9 Å². The average molecular weight is 646 g/mol. The summed E-state index contributed by atoms with van der Waals surface area (Å²) < 4.78 is 35.3. The number of nitrogens with zero attached hydrogens (tertiary/aromatic N) is 2. The van der Waals surface area contributed by atoms with Crippen LogP contribution >= 0.6 is 11.6 Å². The zero-order valence-corrected chi connectivity index (χ0v) is 28.3. The van der Waals surface area contributed by atoms with Gasteiger partial charge in [0, 0.05) is 31.1 Å². The molecule has 10 heteroatoms. The predicted molar refractivity (Wildman–Crippen MR) is 180 cm³/mol. The Morgan fingerprint density at radius 2 is 2.02 bits per heavy atom. The summed E-state index contributed by atoms with van der Waals surface area (Å²) in [5.41, 5.74) is 1.85. The number of aryl methyl sites for hydroxylation is 1. The van der Waals surface area contributed by atoms with Crippen molar-refractivity contribution in [2.24, 2.45) is 15.4 Å². The molecule has 0 saturated heterocycles. The standard InChI is InChI=1S/C34H48ClN3O5S/c1-8-12-25-20-27(35)13-15-29(25)26-22-38(18-17-24(10-3)31(11-4)41-7)30-21-28(14-16-32(30)42-23-26)44(36,40)37-33(39)34(5,6)43-19-9-2/h9,11,13-16,20-21,24,26,31H,2,4,8,10,12,17-19,22-23H2,1,3,5-7H3,(H2,36,37,39,40). The summed E-state index contributed by atoms with van der Waals surface area (Å²) in [5, 5.41) is 6.97. The largest absolute Gasteiger partial charge is 0.491 e. The molecule has 0 saturated carbocycles. The highest BCUT2D eigenvalue weighted by Crippen LogP contribution is 2.38. The fourth-order valence-corrected chi connectivity index (χ4v) is 6.84. The van der Waals surface area contributed by atoms with Gasteiger partial charge in [-0.05, 0) is 74.1 Å². The Labute approximate surface area is 268 Å². The second-order valence-electron chi connectivity index (χ2n) is 11.6. The van der Waals surface area contributed by atoms with Crippen LogP contribution in [-0.2, 0) is 30.6 Å². The minimum Gasteiger partial charge on any atom is -0.491 e. The van der Waals surface area contributed by atoms with Crippen molar-refractivity contribution in [1.29, 1.82) is 0 Å². The predicted octanol–water partition coefficient (Wildman–Crippen LogP) is 7.10. The minimum atomic E-state index is -3.59. The highest BCUT2D eigenvalue weighted by atomic mass is 35.5. The molecule has 4 unspecified atom stereocenters. The smallest absolute Gasteiger partial charge is 0.286 e. The SMILES string of the molecule is C=CCOC(C)(C)C(=O)N=S(N)(=O)c1ccc2c(c1)N(CCC(CC)C(C=C)OC)CC(c1ccc(Cl)cc1CCC)CO2.